The standard InChI is InChI=1S/C15H21N3OS/c1-10(16)15-12(6-5-7-13(15)19-4)18(3)8-14-11(2)17-9-20-14/h5-7,9-10H,8,16H2,1-4H3. The lowest BCUT2D eigenvalue weighted by molar-refractivity contribution is 0.407. The number of aryl methyl sites for hydroxylation is 1. The Morgan fingerprint density at radius 3 is 2.75 bits per heavy atom. The van der Waals surface area contributed by atoms with Crippen molar-refractivity contribution in [3.63, 3.8) is 0 Å². The second-order valence-electron chi connectivity index (χ2n) is 4.90. The first kappa shape index (κ1) is 14.8. The maximum atomic E-state index is 6.12. The van der Waals surface area contributed by atoms with Gasteiger partial charge in [0.05, 0.1) is 24.9 Å². The minimum absolute atomic E-state index is 0.0776. The molecule has 0 saturated heterocycles. The predicted octanol–water partition coefficient (Wildman–Crippen LogP) is 3.12. The molecule has 0 aliphatic heterocycles. The summed E-state index contributed by atoms with van der Waals surface area (Å²) in [6.07, 6.45) is 0. The van der Waals surface area contributed by atoms with Crippen molar-refractivity contribution >= 4 is 17.0 Å². The summed E-state index contributed by atoms with van der Waals surface area (Å²) in [6, 6.07) is 5.95. The fourth-order valence-corrected chi connectivity index (χ4v) is 3.11. The molecule has 0 fully saturated rings. The second kappa shape index (κ2) is 6.24. The van der Waals surface area contributed by atoms with Crippen LogP contribution < -0.4 is 15.4 Å². The minimum atomic E-state index is -0.0776. The number of thiazole rings is 1. The molecule has 0 aliphatic rings. The number of hydrogen-bond donors (Lipinski definition) is 1. The van der Waals surface area contributed by atoms with Crippen molar-refractivity contribution in [2.45, 2.75) is 26.4 Å². The van der Waals surface area contributed by atoms with Crippen molar-refractivity contribution < 1.29 is 4.74 Å². The fourth-order valence-electron chi connectivity index (χ4n) is 2.28. The first-order valence-corrected chi connectivity index (χ1v) is 7.45. The van der Waals surface area contributed by atoms with E-state index in [0.717, 1.165) is 29.2 Å². The Bertz CT molecular complexity index is 580. The molecule has 5 heteroatoms. The molecule has 2 aromatic rings. The molecule has 0 spiro atoms. The van der Waals surface area contributed by atoms with E-state index in [9.17, 15) is 0 Å². The highest BCUT2D eigenvalue weighted by molar-refractivity contribution is 7.09. The number of methoxy groups -OCH3 is 1. The zero-order chi connectivity index (χ0) is 14.7. The maximum absolute atomic E-state index is 6.12. The van der Waals surface area contributed by atoms with E-state index in [1.54, 1.807) is 18.4 Å². The Morgan fingerprint density at radius 1 is 1.45 bits per heavy atom. The van der Waals surface area contributed by atoms with Crippen LogP contribution >= 0.6 is 11.3 Å². The fraction of sp³-hybridized carbons (Fsp3) is 0.400. The van der Waals surface area contributed by atoms with Gasteiger partial charge in [-0.2, -0.15) is 0 Å². The summed E-state index contributed by atoms with van der Waals surface area (Å²) in [5, 5.41) is 0. The van der Waals surface area contributed by atoms with Crippen LogP contribution in [-0.4, -0.2) is 19.1 Å². The summed E-state index contributed by atoms with van der Waals surface area (Å²) in [5.74, 6) is 0.838. The molecule has 1 heterocycles. The summed E-state index contributed by atoms with van der Waals surface area (Å²) in [6.45, 7) is 4.84. The number of aromatic nitrogens is 1. The van der Waals surface area contributed by atoms with Crippen molar-refractivity contribution in [1.29, 1.82) is 0 Å². The number of nitrogens with two attached hydrogens (primary N) is 1. The molecule has 0 radical (unpaired) electrons. The zero-order valence-electron chi connectivity index (χ0n) is 12.4. The third-order valence-electron chi connectivity index (χ3n) is 3.36. The van der Waals surface area contributed by atoms with Crippen LogP contribution in [0.4, 0.5) is 5.69 Å². The van der Waals surface area contributed by atoms with Gasteiger partial charge in [-0.1, -0.05) is 6.07 Å². The van der Waals surface area contributed by atoms with Crippen molar-refractivity contribution in [3.05, 3.63) is 39.8 Å². The predicted molar refractivity (Wildman–Crippen MR) is 84.6 cm³/mol. The largest absolute Gasteiger partial charge is 0.496 e. The smallest absolute Gasteiger partial charge is 0.125 e. The van der Waals surface area contributed by atoms with E-state index < -0.39 is 0 Å². The monoisotopic (exact) mass is 291 g/mol. The first-order valence-electron chi connectivity index (χ1n) is 6.57. The molecular weight excluding hydrogens is 270 g/mol. The van der Waals surface area contributed by atoms with Gasteiger partial charge >= 0.3 is 0 Å². The third-order valence-corrected chi connectivity index (χ3v) is 4.28. The Morgan fingerprint density at radius 2 is 2.20 bits per heavy atom. The van der Waals surface area contributed by atoms with E-state index in [1.165, 1.54) is 4.88 Å². The van der Waals surface area contributed by atoms with E-state index in [0.29, 0.717) is 0 Å². The number of rotatable bonds is 5. The molecule has 0 aliphatic carbocycles. The van der Waals surface area contributed by atoms with E-state index >= 15 is 0 Å². The Labute approximate surface area is 124 Å². The maximum Gasteiger partial charge on any atom is 0.125 e. The summed E-state index contributed by atoms with van der Waals surface area (Å²) in [5.41, 5.74) is 11.2. The lowest BCUT2D eigenvalue weighted by atomic mass is 10.0. The molecule has 1 aromatic carbocycles. The van der Waals surface area contributed by atoms with Crippen LogP contribution in [0.3, 0.4) is 0 Å². The lowest BCUT2D eigenvalue weighted by Gasteiger charge is -2.25. The van der Waals surface area contributed by atoms with Gasteiger partial charge in [-0.25, -0.2) is 4.98 Å². The average Bonchev–Trinajstić information content (AvgIpc) is 2.83. The van der Waals surface area contributed by atoms with Crippen molar-refractivity contribution in [3.8, 4) is 5.75 Å². The molecule has 2 N–H and O–H groups in total. The number of anilines is 1. The molecule has 20 heavy (non-hydrogen) atoms. The van der Waals surface area contributed by atoms with E-state index in [4.69, 9.17) is 10.5 Å². The average molecular weight is 291 g/mol. The van der Waals surface area contributed by atoms with Crippen LogP contribution in [-0.2, 0) is 6.54 Å². The molecule has 4 nitrogen and oxygen atoms in total. The molecule has 2 rings (SSSR count). The van der Waals surface area contributed by atoms with Gasteiger partial charge in [0.25, 0.3) is 0 Å². The molecule has 1 unspecified atom stereocenters. The van der Waals surface area contributed by atoms with E-state index in [-0.39, 0.29) is 6.04 Å². The topological polar surface area (TPSA) is 51.4 Å². The Hall–Kier alpha value is -1.59. The molecule has 1 atom stereocenters. The summed E-state index contributed by atoms with van der Waals surface area (Å²) < 4.78 is 5.44. The molecule has 0 saturated carbocycles. The highest BCUT2D eigenvalue weighted by Crippen LogP contribution is 2.34. The SMILES string of the molecule is COc1cccc(N(C)Cc2scnc2C)c1C(C)N. The number of benzene rings is 1. The van der Waals surface area contributed by atoms with Gasteiger partial charge in [-0.15, -0.1) is 11.3 Å². The van der Waals surface area contributed by atoms with Gasteiger partial charge in [0, 0.05) is 29.2 Å². The molecule has 1 aromatic heterocycles. The van der Waals surface area contributed by atoms with Crippen molar-refractivity contribution in [2.75, 3.05) is 19.1 Å². The number of ether oxygens (including phenoxy) is 1. The normalized spacial score (nSPS) is 12.2. The summed E-state index contributed by atoms with van der Waals surface area (Å²) >= 11 is 1.68. The van der Waals surface area contributed by atoms with Crippen molar-refractivity contribution in [1.82, 2.24) is 4.98 Å². The van der Waals surface area contributed by atoms with Gasteiger partial charge in [-0.3, -0.25) is 0 Å². The number of hydrogen-bond acceptors (Lipinski definition) is 5. The molecule has 0 bridgehead atoms. The highest BCUT2D eigenvalue weighted by atomic mass is 32.1. The third kappa shape index (κ3) is 2.94. The molecular formula is C15H21N3OS. The summed E-state index contributed by atoms with van der Waals surface area (Å²) in [7, 11) is 3.75. The van der Waals surface area contributed by atoms with Gasteiger partial charge in [0.2, 0.25) is 0 Å². The molecule has 108 valence electrons. The van der Waals surface area contributed by atoms with E-state index in [1.807, 2.05) is 31.5 Å². The molecule has 0 amide bonds. The van der Waals surface area contributed by atoms with Crippen LogP contribution in [0.1, 0.15) is 29.1 Å². The van der Waals surface area contributed by atoms with Crippen LogP contribution in [0.5, 0.6) is 5.75 Å². The van der Waals surface area contributed by atoms with Gasteiger partial charge in [0.1, 0.15) is 5.75 Å². The van der Waals surface area contributed by atoms with Crippen LogP contribution in [0, 0.1) is 6.92 Å². The zero-order valence-corrected chi connectivity index (χ0v) is 13.2. The van der Waals surface area contributed by atoms with Crippen molar-refractivity contribution in [2.24, 2.45) is 5.73 Å². The quantitative estimate of drug-likeness (QED) is 0.919. The number of nitrogens with zero attached hydrogens (tertiary/aromatic N) is 2. The van der Waals surface area contributed by atoms with E-state index in [2.05, 4.69) is 23.0 Å². The minimum Gasteiger partial charge on any atom is -0.496 e. The van der Waals surface area contributed by atoms with Crippen LogP contribution in [0.25, 0.3) is 0 Å². The Balaban J connectivity index is 2.34. The highest BCUT2D eigenvalue weighted by Gasteiger charge is 2.17. The van der Waals surface area contributed by atoms with Gasteiger partial charge in [0.15, 0.2) is 0 Å². The second-order valence-corrected chi connectivity index (χ2v) is 5.84. The van der Waals surface area contributed by atoms with Crippen LogP contribution in [0.15, 0.2) is 23.7 Å². The lowest BCUT2D eigenvalue weighted by Crippen LogP contribution is -2.20. The van der Waals surface area contributed by atoms with Crippen LogP contribution in [0.2, 0.25) is 0 Å². The summed E-state index contributed by atoms with van der Waals surface area (Å²) in [4.78, 5) is 7.76. The van der Waals surface area contributed by atoms with Gasteiger partial charge < -0.3 is 15.4 Å². The first-order chi connectivity index (χ1) is 9.54. The Kier molecular flexibility index (Phi) is 4.62. The van der Waals surface area contributed by atoms with Gasteiger partial charge in [-0.05, 0) is 26.0 Å².